The summed E-state index contributed by atoms with van der Waals surface area (Å²) in [6.45, 7) is 5.09. The first-order valence-corrected chi connectivity index (χ1v) is 14.2. The molecule has 0 spiro atoms. The van der Waals surface area contributed by atoms with Crippen LogP contribution in [0.25, 0.3) is 11.1 Å². The number of aliphatic hydroxyl groups is 3. The van der Waals surface area contributed by atoms with Gasteiger partial charge in [-0.3, -0.25) is 24.2 Å². The van der Waals surface area contributed by atoms with Gasteiger partial charge in [-0.05, 0) is 74.8 Å². The number of Topliss-reactive ketones (excluding diaryl/α,β-unsaturated/α-hetero) is 2. The number of primary amides is 1. The molecule has 0 aliphatic heterocycles. The molecule has 0 radical (unpaired) electrons. The molecule has 44 heavy (non-hydrogen) atoms. The number of likely N-dealkylation sites (N-methyl/N-ethyl adjacent to an activating group) is 2. The Hall–Kier alpha value is -4.45. The van der Waals surface area contributed by atoms with Crippen LogP contribution in [-0.4, -0.2) is 94.1 Å². The Bertz CT molecular complexity index is 1660. The number of allylic oxidation sites excluding steroid dienone is 1. The molecule has 3 aliphatic rings. The molecule has 1 amide bonds. The molecule has 0 heterocycles. The largest absolute Gasteiger partial charge is 0.510 e. The number of aliphatic hydroxyl groups excluding tert-OH is 2. The number of carbonyl (C=O) groups is 3. The zero-order valence-electron chi connectivity index (χ0n) is 25.1. The van der Waals surface area contributed by atoms with Gasteiger partial charge < -0.3 is 30.9 Å². The normalized spacial score (nSPS) is 24.8. The molecule has 0 fully saturated rings. The fraction of sp³-hybridized carbons (Fsp3) is 0.364. The van der Waals surface area contributed by atoms with Crippen molar-refractivity contribution < 1.29 is 39.5 Å². The molecule has 5 rings (SSSR count). The molecule has 11 heteroatoms. The third-order valence-electron chi connectivity index (χ3n) is 9.05. The maximum absolute atomic E-state index is 14.1. The zero-order valence-corrected chi connectivity index (χ0v) is 25.1. The van der Waals surface area contributed by atoms with E-state index in [1.165, 1.54) is 11.0 Å². The maximum Gasteiger partial charge on any atom is 0.255 e. The number of aromatic hydroxyl groups is 1. The van der Waals surface area contributed by atoms with Crippen molar-refractivity contribution in [2.24, 2.45) is 17.6 Å². The Morgan fingerprint density at radius 1 is 1.14 bits per heavy atom. The van der Waals surface area contributed by atoms with Crippen LogP contribution in [0.4, 0.5) is 0 Å². The van der Waals surface area contributed by atoms with Gasteiger partial charge in [0.15, 0.2) is 11.4 Å². The molecular weight excluding hydrogens is 566 g/mol. The Kier molecular flexibility index (Phi) is 7.91. The van der Waals surface area contributed by atoms with E-state index in [1.54, 1.807) is 27.3 Å². The van der Waals surface area contributed by atoms with Gasteiger partial charge in [-0.15, -0.1) is 6.58 Å². The first-order valence-electron chi connectivity index (χ1n) is 14.2. The van der Waals surface area contributed by atoms with E-state index in [2.05, 4.69) is 11.5 Å². The second-order valence-corrected chi connectivity index (χ2v) is 12.0. The molecule has 6 N–H and O–H groups in total. The lowest BCUT2D eigenvalue weighted by Crippen LogP contribution is -2.63. The van der Waals surface area contributed by atoms with Gasteiger partial charge in [-0.2, -0.15) is 0 Å². The summed E-state index contributed by atoms with van der Waals surface area (Å²) in [7, 11) is 6.70. The summed E-state index contributed by atoms with van der Waals surface area (Å²) in [5.41, 5.74) is 4.48. The number of nitrogens with zero attached hydrogens (tertiary/aromatic N) is 2. The van der Waals surface area contributed by atoms with Crippen LogP contribution in [0.3, 0.4) is 0 Å². The summed E-state index contributed by atoms with van der Waals surface area (Å²) in [4.78, 5) is 43.4. The standard InChI is InChI=1S/C33H37N3O8/c1-6-11-36(4)15-16-7-10-23(44-5)19(12-16)18-8-9-22(37)25-20(18)13-17-14-21-27(35(2)3)29(39)26(32(34)42)31(41)33(21,43)30(40)24(17)28(25)38/h6-10,12,17,21,27,37,39-40,43H,1,11,13-15H2,2-5H3,(H2,34,42)/t17-,21-,27-,33-/m0/s1. The SMILES string of the molecule is C=CCN(C)Cc1ccc(OC)c(-c2ccc(O)c3c2C[C@H]2C[C@H]4[C@H](N(C)C)C(O)=C(C(N)=O)C(=O)[C@@]4(O)C(O)=C2C3=O)c1. The van der Waals surface area contributed by atoms with Crippen molar-refractivity contribution in [2.45, 2.75) is 31.0 Å². The van der Waals surface area contributed by atoms with Crippen LogP contribution in [0.1, 0.15) is 27.9 Å². The number of benzene rings is 2. The molecular formula is C33H37N3O8. The van der Waals surface area contributed by atoms with E-state index >= 15 is 0 Å². The van der Waals surface area contributed by atoms with Gasteiger partial charge in [-0.25, -0.2) is 0 Å². The number of phenolic OH excluding ortho intramolecular Hbond substituents is 1. The van der Waals surface area contributed by atoms with Gasteiger partial charge in [0, 0.05) is 30.1 Å². The van der Waals surface area contributed by atoms with Gasteiger partial charge in [0.2, 0.25) is 5.78 Å². The number of carbonyl (C=O) groups excluding carboxylic acids is 3. The molecule has 0 bridgehead atoms. The van der Waals surface area contributed by atoms with Crippen LogP contribution in [-0.2, 0) is 22.6 Å². The Labute approximate surface area is 255 Å². The van der Waals surface area contributed by atoms with Crippen LogP contribution in [0.5, 0.6) is 11.5 Å². The highest BCUT2D eigenvalue weighted by Crippen LogP contribution is 2.53. The number of hydrogen-bond donors (Lipinski definition) is 5. The second kappa shape index (κ2) is 11.2. The summed E-state index contributed by atoms with van der Waals surface area (Å²) in [6, 6.07) is 7.80. The number of amides is 1. The average molecular weight is 604 g/mol. The molecule has 0 aromatic heterocycles. The van der Waals surface area contributed by atoms with Crippen LogP contribution >= 0.6 is 0 Å². The van der Waals surface area contributed by atoms with Gasteiger partial charge in [-0.1, -0.05) is 18.2 Å². The van der Waals surface area contributed by atoms with Gasteiger partial charge in [0.1, 0.15) is 28.6 Å². The van der Waals surface area contributed by atoms with Crippen molar-refractivity contribution in [3.63, 3.8) is 0 Å². The zero-order chi connectivity index (χ0) is 32.2. The summed E-state index contributed by atoms with van der Waals surface area (Å²) in [6.07, 6.45) is 1.98. The minimum absolute atomic E-state index is 0.00435. The van der Waals surface area contributed by atoms with Gasteiger partial charge >= 0.3 is 0 Å². The van der Waals surface area contributed by atoms with Gasteiger partial charge in [0.05, 0.1) is 18.7 Å². The van der Waals surface area contributed by atoms with E-state index in [1.807, 2.05) is 31.3 Å². The lowest BCUT2D eigenvalue weighted by molar-refractivity contribution is -0.148. The number of phenols is 1. The lowest BCUT2D eigenvalue weighted by atomic mass is 9.58. The number of hydrogen-bond acceptors (Lipinski definition) is 10. The third-order valence-corrected chi connectivity index (χ3v) is 9.05. The van der Waals surface area contributed by atoms with E-state index in [0.29, 0.717) is 35.5 Å². The highest BCUT2D eigenvalue weighted by Gasteiger charge is 2.63. The summed E-state index contributed by atoms with van der Waals surface area (Å²) in [5, 5.41) is 45.3. The topological polar surface area (TPSA) is 174 Å². The number of rotatable bonds is 8. The van der Waals surface area contributed by atoms with E-state index in [9.17, 15) is 34.8 Å². The van der Waals surface area contributed by atoms with Crippen LogP contribution in [0, 0.1) is 11.8 Å². The van der Waals surface area contributed by atoms with E-state index in [-0.39, 0.29) is 29.7 Å². The molecule has 3 aliphatic carbocycles. The molecule has 0 saturated heterocycles. The van der Waals surface area contributed by atoms with Crippen molar-refractivity contribution in [1.29, 1.82) is 0 Å². The lowest BCUT2D eigenvalue weighted by Gasteiger charge is -2.50. The first-order chi connectivity index (χ1) is 20.8. The highest BCUT2D eigenvalue weighted by atomic mass is 16.5. The van der Waals surface area contributed by atoms with Crippen LogP contribution in [0.2, 0.25) is 0 Å². The third kappa shape index (κ3) is 4.59. The fourth-order valence-corrected chi connectivity index (χ4v) is 7.16. The number of nitrogens with two attached hydrogens (primary N) is 1. The summed E-state index contributed by atoms with van der Waals surface area (Å²) < 4.78 is 5.68. The predicted molar refractivity (Wildman–Crippen MR) is 162 cm³/mol. The maximum atomic E-state index is 14.1. The molecule has 11 nitrogen and oxygen atoms in total. The highest BCUT2D eigenvalue weighted by molar-refractivity contribution is 6.25. The van der Waals surface area contributed by atoms with Crippen molar-refractivity contribution in [3.05, 3.63) is 82.3 Å². The Morgan fingerprint density at radius 3 is 2.45 bits per heavy atom. The molecule has 0 saturated carbocycles. The average Bonchev–Trinajstić information content (AvgIpc) is 2.95. The van der Waals surface area contributed by atoms with Crippen molar-refractivity contribution in [3.8, 4) is 22.6 Å². The predicted octanol–water partition coefficient (Wildman–Crippen LogP) is 2.41. The van der Waals surface area contributed by atoms with Crippen molar-refractivity contribution in [2.75, 3.05) is 34.8 Å². The summed E-state index contributed by atoms with van der Waals surface area (Å²) in [5.74, 6) is -6.33. The Morgan fingerprint density at radius 2 is 1.84 bits per heavy atom. The molecule has 2 aromatic carbocycles. The van der Waals surface area contributed by atoms with Crippen molar-refractivity contribution in [1.82, 2.24) is 9.80 Å². The first kappa shape index (κ1) is 31.0. The monoisotopic (exact) mass is 603 g/mol. The number of fused-ring (bicyclic) bond motifs is 3. The minimum Gasteiger partial charge on any atom is -0.510 e. The van der Waals surface area contributed by atoms with Crippen LogP contribution < -0.4 is 10.5 Å². The second-order valence-electron chi connectivity index (χ2n) is 12.0. The molecule has 0 unspecified atom stereocenters. The number of ether oxygens (including phenoxy) is 1. The van der Waals surface area contributed by atoms with Crippen LogP contribution in [0.15, 0.2) is 65.7 Å². The smallest absolute Gasteiger partial charge is 0.255 e. The molecule has 232 valence electrons. The van der Waals surface area contributed by atoms with E-state index in [0.717, 1.165) is 5.56 Å². The van der Waals surface area contributed by atoms with Crippen molar-refractivity contribution >= 4 is 17.5 Å². The minimum atomic E-state index is -2.69. The van der Waals surface area contributed by atoms with Gasteiger partial charge in [0.25, 0.3) is 5.91 Å². The number of methoxy groups -OCH3 is 1. The Balaban J connectivity index is 1.68. The fourth-order valence-electron chi connectivity index (χ4n) is 7.16. The number of ketones is 2. The quantitative estimate of drug-likeness (QED) is 0.223. The molecule has 4 atom stereocenters. The summed E-state index contributed by atoms with van der Waals surface area (Å²) >= 11 is 0. The van der Waals surface area contributed by atoms with E-state index in [4.69, 9.17) is 10.5 Å². The molecule has 2 aromatic rings. The van der Waals surface area contributed by atoms with E-state index < -0.39 is 58.0 Å².